The van der Waals surface area contributed by atoms with Gasteiger partial charge in [-0.05, 0) is 30.3 Å². The number of halogens is 4. The summed E-state index contributed by atoms with van der Waals surface area (Å²) >= 11 is 5.95. The van der Waals surface area contributed by atoms with Crippen molar-refractivity contribution in [3.8, 4) is 0 Å². The molecule has 0 saturated carbocycles. The highest BCUT2D eigenvalue weighted by molar-refractivity contribution is 6.33. The molecule has 0 saturated heterocycles. The van der Waals surface area contributed by atoms with E-state index in [1.165, 1.54) is 25.3 Å². The van der Waals surface area contributed by atoms with Crippen LogP contribution < -0.4 is 10.6 Å². The summed E-state index contributed by atoms with van der Waals surface area (Å²) in [5.74, 6) is -5.86. The highest BCUT2D eigenvalue weighted by Crippen LogP contribution is 2.23. The fourth-order valence-corrected chi connectivity index (χ4v) is 2.08. The van der Waals surface area contributed by atoms with Crippen molar-refractivity contribution in [3.05, 3.63) is 58.4 Å². The van der Waals surface area contributed by atoms with Crippen LogP contribution in [0.5, 0.6) is 0 Å². The molecule has 0 atom stereocenters. The van der Waals surface area contributed by atoms with Gasteiger partial charge in [0, 0.05) is 0 Å². The minimum Gasteiger partial charge on any atom is -0.465 e. The van der Waals surface area contributed by atoms with Crippen molar-refractivity contribution >= 4 is 34.9 Å². The normalized spacial score (nSPS) is 10.3. The molecule has 2 aromatic rings. The molecule has 9 heteroatoms. The standard InChI is InChI=1S/C16H12ClF3N2O3/c1-25-16(24)8-2-3-9(17)12(6-8)21-7-13(23)22-11-5-4-10(18)14(19)15(11)20/h2-6,21H,7H2,1H3,(H,22,23). The molecule has 25 heavy (non-hydrogen) atoms. The van der Waals surface area contributed by atoms with E-state index in [1.54, 1.807) is 0 Å². The van der Waals surface area contributed by atoms with Gasteiger partial charge in [0.15, 0.2) is 17.5 Å². The Hall–Kier alpha value is -2.74. The SMILES string of the molecule is COC(=O)c1ccc(Cl)c(NCC(=O)Nc2ccc(F)c(F)c2F)c1. The minimum absolute atomic E-state index is 0.210. The Kier molecular flexibility index (Phi) is 5.87. The van der Waals surface area contributed by atoms with Crippen molar-refractivity contribution in [2.75, 3.05) is 24.3 Å². The molecule has 0 aliphatic heterocycles. The van der Waals surface area contributed by atoms with Crippen LogP contribution in [0.1, 0.15) is 10.4 Å². The topological polar surface area (TPSA) is 67.4 Å². The van der Waals surface area contributed by atoms with Crippen molar-refractivity contribution < 1.29 is 27.5 Å². The maximum atomic E-state index is 13.5. The zero-order valence-electron chi connectivity index (χ0n) is 12.8. The van der Waals surface area contributed by atoms with E-state index in [0.29, 0.717) is 6.07 Å². The quantitative estimate of drug-likeness (QED) is 0.621. The van der Waals surface area contributed by atoms with E-state index in [1.807, 2.05) is 0 Å². The number of rotatable bonds is 5. The van der Waals surface area contributed by atoms with E-state index in [0.717, 1.165) is 6.07 Å². The first-order chi connectivity index (χ1) is 11.8. The fourth-order valence-electron chi connectivity index (χ4n) is 1.90. The molecule has 0 aromatic heterocycles. The molecule has 0 radical (unpaired) electrons. The Labute approximate surface area is 145 Å². The van der Waals surface area contributed by atoms with Crippen LogP contribution in [0.25, 0.3) is 0 Å². The van der Waals surface area contributed by atoms with Crippen molar-refractivity contribution in [1.82, 2.24) is 0 Å². The molecule has 0 heterocycles. The van der Waals surface area contributed by atoms with Crippen molar-refractivity contribution in [2.45, 2.75) is 0 Å². The highest BCUT2D eigenvalue weighted by Gasteiger charge is 2.15. The monoisotopic (exact) mass is 372 g/mol. The molecular formula is C16H12ClF3N2O3. The van der Waals surface area contributed by atoms with Gasteiger partial charge in [0.25, 0.3) is 0 Å². The molecule has 5 nitrogen and oxygen atoms in total. The van der Waals surface area contributed by atoms with Crippen molar-refractivity contribution in [2.24, 2.45) is 0 Å². The summed E-state index contributed by atoms with van der Waals surface area (Å²) in [7, 11) is 1.22. The van der Waals surface area contributed by atoms with E-state index in [-0.39, 0.29) is 22.8 Å². The van der Waals surface area contributed by atoms with Gasteiger partial charge in [-0.2, -0.15) is 0 Å². The summed E-state index contributed by atoms with van der Waals surface area (Å²) in [5, 5.41) is 4.99. The van der Waals surface area contributed by atoms with Crippen LogP contribution in [0, 0.1) is 17.5 Å². The number of amides is 1. The molecule has 0 aliphatic rings. The number of benzene rings is 2. The van der Waals surface area contributed by atoms with Crippen LogP contribution in [0.15, 0.2) is 30.3 Å². The number of ether oxygens (including phenoxy) is 1. The number of carbonyl (C=O) groups is 2. The van der Waals surface area contributed by atoms with Gasteiger partial charge >= 0.3 is 5.97 Å². The Morgan fingerprint density at radius 3 is 2.48 bits per heavy atom. The summed E-state index contributed by atoms with van der Waals surface area (Å²) in [4.78, 5) is 23.3. The molecule has 0 aliphatic carbocycles. The summed E-state index contributed by atoms with van der Waals surface area (Å²) < 4.78 is 44.1. The predicted octanol–water partition coefficient (Wildman–Crippen LogP) is 3.59. The highest BCUT2D eigenvalue weighted by atomic mass is 35.5. The van der Waals surface area contributed by atoms with Crippen LogP contribution in [0.3, 0.4) is 0 Å². The van der Waals surface area contributed by atoms with Gasteiger partial charge in [-0.15, -0.1) is 0 Å². The van der Waals surface area contributed by atoms with Crippen LogP contribution in [-0.4, -0.2) is 25.5 Å². The average molecular weight is 373 g/mol. The van der Waals surface area contributed by atoms with Crippen LogP contribution in [0.4, 0.5) is 24.5 Å². The number of nitrogens with one attached hydrogen (secondary N) is 2. The van der Waals surface area contributed by atoms with E-state index < -0.39 is 35.0 Å². The van der Waals surface area contributed by atoms with Gasteiger partial charge in [0.2, 0.25) is 5.91 Å². The molecule has 0 fully saturated rings. The maximum Gasteiger partial charge on any atom is 0.337 e. The molecule has 0 unspecified atom stereocenters. The van der Waals surface area contributed by atoms with Crippen molar-refractivity contribution in [3.63, 3.8) is 0 Å². The second-order valence-electron chi connectivity index (χ2n) is 4.81. The zero-order valence-corrected chi connectivity index (χ0v) is 13.6. The predicted molar refractivity (Wildman–Crippen MR) is 86.2 cm³/mol. The van der Waals surface area contributed by atoms with Crippen LogP contribution >= 0.6 is 11.6 Å². The van der Waals surface area contributed by atoms with E-state index >= 15 is 0 Å². The molecule has 132 valence electrons. The Morgan fingerprint density at radius 1 is 1.08 bits per heavy atom. The summed E-state index contributed by atoms with van der Waals surface area (Å²) in [6.07, 6.45) is 0. The third-order valence-electron chi connectivity index (χ3n) is 3.14. The van der Waals surface area contributed by atoms with Gasteiger partial charge in [0.05, 0.1) is 35.6 Å². The Morgan fingerprint density at radius 2 is 1.80 bits per heavy atom. The molecular weight excluding hydrogens is 361 g/mol. The number of anilines is 2. The van der Waals surface area contributed by atoms with Gasteiger partial charge in [-0.3, -0.25) is 4.79 Å². The van der Waals surface area contributed by atoms with E-state index in [4.69, 9.17) is 11.6 Å². The lowest BCUT2D eigenvalue weighted by atomic mass is 10.2. The van der Waals surface area contributed by atoms with Crippen LogP contribution in [-0.2, 0) is 9.53 Å². The molecule has 2 aromatic carbocycles. The van der Waals surface area contributed by atoms with Gasteiger partial charge in [-0.25, -0.2) is 18.0 Å². The molecule has 0 spiro atoms. The summed E-state index contributed by atoms with van der Waals surface area (Å²) in [5.41, 5.74) is -0.0213. The fraction of sp³-hybridized carbons (Fsp3) is 0.125. The lowest BCUT2D eigenvalue weighted by Crippen LogP contribution is -2.23. The molecule has 1 amide bonds. The zero-order chi connectivity index (χ0) is 18.6. The third-order valence-corrected chi connectivity index (χ3v) is 3.47. The Balaban J connectivity index is 2.05. The molecule has 0 bridgehead atoms. The largest absolute Gasteiger partial charge is 0.465 e. The van der Waals surface area contributed by atoms with Gasteiger partial charge < -0.3 is 15.4 Å². The molecule has 2 N–H and O–H groups in total. The average Bonchev–Trinajstić information content (AvgIpc) is 2.60. The lowest BCUT2D eigenvalue weighted by Gasteiger charge is -2.11. The first-order valence-electron chi connectivity index (χ1n) is 6.88. The van der Waals surface area contributed by atoms with Gasteiger partial charge in [-0.1, -0.05) is 11.6 Å². The summed E-state index contributed by atoms with van der Waals surface area (Å²) in [6.45, 7) is -0.358. The number of hydrogen-bond acceptors (Lipinski definition) is 4. The number of methoxy groups -OCH3 is 1. The third kappa shape index (κ3) is 4.42. The molecule has 2 rings (SSSR count). The van der Waals surface area contributed by atoms with Crippen LogP contribution in [0.2, 0.25) is 5.02 Å². The second kappa shape index (κ2) is 7.89. The number of carbonyl (C=O) groups excluding carboxylic acids is 2. The maximum absolute atomic E-state index is 13.5. The lowest BCUT2D eigenvalue weighted by molar-refractivity contribution is -0.114. The second-order valence-corrected chi connectivity index (χ2v) is 5.22. The summed E-state index contributed by atoms with van der Waals surface area (Å²) in [6, 6.07) is 5.84. The van der Waals surface area contributed by atoms with Crippen molar-refractivity contribution in [1.29, 1.82) is 0 Å². The smallest absolute Gasteiger partial charge is 0.337 e. The number of hydrogen-bond donors (Lipinski definition) is 2. The van der Waals surface area contributed by atoms with Gasteiger partial charge in [0.1, 0.15) is 0 Å². The number of esters is 1. The Bertz CT molecular complexity index is 831. The first kappa shape index (κ1) is 18.6. The minimum atomic E-state index is -1.68. The first-order valence-corrected chi connectivity index (χ1v) is 7.26. The van der Waals surface area contributed by atoms with E-state index in [9.17, 15) is 22.8 Å². The van der Waals surface area contributed by atoms with E-state index in [2.05, 4.69) is 15.4 Å².